The van der Waals surface area contributed by atoms with Gasteiger partial charge in [-0.3, -0.25) is 9.59 Å². The molecule has 1 aromatic carbocycles. The van der Waals surface area contributed by atoms with Crippen LogP contribution in [-0.4, -0.2) is 59.4 Å². The van der Waals surface area contributed by atoms with Gasteiger partial charge in [-0.2, -0.15) is 0 Å². The molecular weight excluding hydrogens is 390 g/mol. The zero-order valence-corrected chi connectivity index (χ0v) is 17.4. The Labute approximate surface area is 175 Å². The number of carbonyl (C=O) groups is 2. The van der Waals surface area contributed by atoms with Crippen LogP contribution in [-0.2, 0) is 9.59 Å². The molecule has 0 bridgehead atoms. The normalized spacial score (nSPS) is 19.8. The van der Waals surface area contributed by atoms with Gasteiger partial charge in [0.15, 0.2) is 0 Å². The van der Waals surface area contributed by atoms with Crippen LogP contribution in [0.4, 0.5) is 11.5 Å². The van der Waals surface area contributed by atoms with E-state index in [2.05, 4.69) is 14.9 Å². The number of nitrogens with zero attached hydrogens (tertiary/aromatic N) is 5. The fourth-order valence-electron chi connectivity index (χ4n) is 4.02. The predicted molar refractivity (Wildman–Crippen MR) is 112 cm³/mol. The minimum atomic E-state index is -0.298. The molecule has 2 aromatic rings. The van der Waals surface area contributed by atoms with Crippen LogP contribution in [0.2, 0.25) is 5.02 Å². The number of rotatable bonds is 3. The van der Waals surface area contributed by atoms with Crippen molar-refractivity contribution in [3.63, 3.8) is 0 Å². The van der Waals surface area contributed by atoms with Crippen molar-refractivity contribution >= 4 is 34.9 Å². The van der Waals surface area contributed by atoms with Crippen LogP contribution < -0.4 is 9.80 Å². The van der Waals surface area contributed by atoms with E-state index in [4.69, 9.17) is 11.6 Å². The summed E-state index contributed by atoms with van der Waals surface area (Å²) in [6, 6.07) is 9.13. The molecular formula is C21H24ClN5O2. The van der Waals surface area contributed by atoms with E-state index < -0.39 is 0 Å². The summed E-state index contributed by atoms with van der Waals surface area (Å²) in [7, 11) is 0. The highest BCUT2D eigenvalue weighted by molar-refractivity contribution is 6.30. The molecule has 152 valence electrons. The number of amides is 2. The molecule has 1 unspecified atom stereocenters. The maximum Gasteiger partial charge on any atom is 0.228 e. The average molecular weight is 414 g/mol. The van der Waals surface area contributed by atoms with Crippen LogP contribution in [0.15, 0.2) is 30.3 Å². The van der Waals surface area contributed by atoms with E-state index >= 15 is 0 Å². The summed E-state index contributed by atoms with van der Waals surface area (Å²) in [4.78, 5) is 40.0. The minimum Gasteiger partial charge on any atom is -0.353 e. The number of halogens is 1. The fraction of sp³-hybridized carbons (Fsp3) is 0.429. The first-order chi connectivity index (χ1) is 13.9. The molecule has 0 aliphatic carbocycles. The largest absolute Gasteiger partial charge is 0.353 e. The molecule has 2 aliphatic heterocycles. The lowest BCUT2D eigenvalue weighted by molar-refractivity contribution is -0.136. The molecule has 4 rings (SSSR count). The smallest absolute Gasteiger partial charge is 0.228 e. The van der Waals surface area contributed by atoms with Crippen molar-refractivity contribution in [1.82, 2.24) is 14.9 Å². The molecule has 0 radical (unpaired) electrons. The molecule has 0 spiro atoms. The molecule has 2 saturated heterocycles. The highest BCUT2D eigenvalue weighted by atomic mass is 35.5. The van der Waals surface area contributed by atoms with Crippen molar-refractivity contribution in [3.8, 4) is 0 Å². The first-order valence-corrected chi connectivity index (χ1v) is 10.2. The highest BCUT2D eigenvalue weighted by Crippen LogP contribution is 2.28. The van der Waals surface area contributed by atoms with Gasteiger partial charge in [0.25, 0.3) is 0 Å². The van der Waals surface area contributed by atoms with E-state index in [1.807, 2.05) is 36.9 Å². The molecule has 2 fully saturated rings. The zero-order valence-electron chi connectivity index (χ0n) is 16.6. The van der Waals surface area contributed by atoms with Crippen LogP contribution >= 0.6 is 11.6 Å². The Morgan fingerprint density at radius 3 is 2.41 bits per heavy atom. The second-order valence-electron chi connectivity index (χ2n) is 7.61. The van der Waals surface area contributed by atoms with Gasteiger partial charge in [-0.15, -0.1) is 0 Å². The van der Waals surface area contributed by atoms with Gasteiger partial charge in [-0.05, 0) is 38.1 Å². The first kappa shape index (κ1) is 19.6. The first-order valence-electron chi connectivity index (χ1n) is 9.82. The predicted octanol–water partition coefficient (Wildman–Crippen LogP) is 2.45. The van der Waals surface area contributed by atoms with Gasteiger partial charge < -0.3 is 14.7 Å². The molecule has 8 heteroatoms. The number of aryl methyl sites for hydroxylation is 2. The summed E-state index contributed by atoms with van der Waals surface area (Å²) in [5, 5.41) is 0.625. The topological polar surface area (TPSA) is 69.6 Å². The monoisotopic (exact) mass is 413 g/mol. The number of benzene rings is 1. The third-order valence-electron chi connectivity index (χ3n) is 5.48. The van der Waals surface area contributed by atoms with Gasteiger partial charge in [0, 0.05) is 61.6 Å². The number of carbonyl (C=O) groups excluding carboxylic acids is 2. The fourth-order valence-corrected chi connectivity index (χ4v) is 4.14. The molecule has 2 amide bonds. The van der Waals surface area contributed by atoms with Gasteiger partial charge in [0.2, 0.25) is 11.8 Å². The third-order valence-corrected chi connectivity index (χ3v) is 5.73. The van der Waals surface area contributed by atoms with Crippen LogP contribution in [0, 0.1) is 19.8 Å². The zero-order chi connectivity index (χ0) is 20.5. The van der Waals surface area contributed by atoms with Crippen LogP contribution in [0.5, 0.6) is 0 Å². The molecule has 0 saturated carbocycles. The summed E-state index contributed by atoms with van der Waals surface area (Å²) in [6.07, 6.45) is 0.256. The lowest BCUT2D eigenvalue weighted by atomic mass is 10.1. The number of hydrogen-bond acceptors (Lipinski definition) is 5. The van der Waals surface area contributed by atoms with Crippen LogP contribution in [0.25, 0.3) is 0 Å². The Hall–Kier alpha value is -2.67. The molecule has 2 aliphatic rings. The Balaban J connectivity index is 1.37. The molecule has 7 nitrogen and oxygen atoms in total. The lowest BCUT2D eigenvalue weighted by Gasteiger charge is -2.36. The lowest BCUT2D eigenvalue weighted by Crippen LogP contribution is -2.51. The van der Waals surface area contributed by atoms with Gasteiger partial charge in [0.05, 0.1) is 5.92 Å². The quantitative estimate of drug-likeness (QED) is 0.773. The second kappa shape index (κ2) is 7.99. The van der Waals surface area contributed by atoms with Crippen LogP contribution in [0.1, 0.15) is 17.9 Å². The second-order valence-corrected chi connectivity index (χ2v) is 8.05. The maximum absolute atomic E-state index is 13.0. The standard InChI is InChI=1S/C21H24ClN5O2/c1-14-11-19(24-15(2)23-14)25-7-9-26(10-8-25)21(29)16-12-20(28)27(13-16)18-5-3-17(22)4-6-18/h3-6,11,16H,7-10,12-13H2,1-2H3. The molecule has 1 aromatic heterocycles. The van der Waals surface area contributed by atoms with Crippen molar-refractivity contribution < 1.29 is 9.59 Å². The SMILES string of the molecule is Cc1cc(N2CCN(C(=O)C3CC(=O)N(c4ccc(Cl)cc4)C3)CC2)nc(C)n1. The van der Waals surface area contributed by atoms with E-state index in [0.717, 1.165) is 36.1 Å². The van der Waals surface area contributed by atoms with Crippen molar-refractivity contribution in [3.05, 3.63) is 46.9 Å². The number of anilines is 2. The number of hydrogen-bond donors (Lipinski definition) is 0. The Bertz CT molecular complexity index is 905. The van der Waals surface area contributed by atoms with Crippen molar-refractivity contribution in [1.29, 1.82) is 0 Å². The van der Waals surface area contributed by atoms with E-state index in [1.54, 1.807) is 17.0 Å². The summed E-state index contributed by atoms with van der Waals surface area (Å²) < 4.78 is 0. The third kappa shape index (κ3) is 4.19. The van der Waals surface area contributed by atoms with Crippen LogP contribution in [0.3, 0.4) is 0 Å². The van der Waals surface area contributed by atoms with E-state index in [-0.39, 0.29) is 24.2 Å². The van der Waals surface area contributed by atoms with Crippen molar-refractivity contribution in [2.75, 3.05) is 42.5 Å². The summed E-state index contributed by atoms with van der Waals surface area (Å²) in [5.74, 6) is 1.41. The number of piperazine rings is 1. The van der Waals surface area contributed by atoms with Gasteiger partial charge in [-0.1, -0.05) is 11.6 Å². The van der Waals surface area contributed by atoms with E-state index in [1.165, 1.54) is 0 Å². The molecule has 29 heavy (non-hydrogen) atoms. The summed E-state index contributed by atoms with van der Waals surface area (Å²) in [5.41, 5.74) is 1.73. The summed E-state index contributed by atoms with van der Waals surface area (Å²) >= 11 is 5.93. The molecule has 1 atom stereocenters. The van der Waals surface area contributed by atoms with E-state index in [0.29, 0.717) is 24.7 Å². The van der Waals surface area contributed by atoms with Crippen molar-refractivity contribution in [2.24, 2.45) is 5.92 Å². The number of aromatic nitrogens is 2. The Morgan fingerprint density at radius 1 is 1.07 bits per heavy atom. The maximum atomic E-state index is 13.0. The van der Waals surface area contributed by atoms with Gasteiger partial charge in [0.1, 0.15) is 11.6 Å². The van der Waals surface area contributed by atoms with Crippen molar-refractivity contribution in [2.45, 2.75) is 20.3 Å². The van der Waals surface area contributed by atoms with Gasteiger partial charge in [-0.25, -0.2) is 9.97 Å². The summed E-state index contributed by atoms with van der Waals surface area (Å²) in [6.45, 7) is 6.98. The molecule has 0 N–H and O–H groups in total. The van der Waals surface area contributed by atoms with Gasteiger partial charge >= 0.3 is 0 Å². The molecule has 3 heterocycles. The highest BCUT2D eigenvalue weighted by Gasteiger charge is 2.38. The van der Waals surface area contributed by atoms with E-state index in [9.17, 15) is 9.59 Å². The Morgan fingerprint density at radius 2 is 1.76 bits per heavy atom. The Kier molecular flexibility index (Phi) is 5.41. The minimum absolute atomic E-state index is 0.0174. The average Bonchev–Trinajstić information content (AvgIpc) is 3.09.